The van der Waals surface area contributed by atoms with Crippen LogP contribution in [0.1, 0.15) is 35.7 Å². The van der Waals surface area contributed by atoms with Crippen LogP contribution in [0.5, 0.6) is 0 Å². The number of aryl methyl sites for hydroxylation is 1. The van der Waals surface area contributed by atoms with Crippen molar-refractivity contribution in [1.29, 1.82) is 0 Å². The zero-order chi connectivity index (χ0) is 17.6. The van der Waals surface area contributed by atoms with Crippen LogP contribution in [0.15, 0.2) is 47.6 Å². The maximum absolute atomic E-state index is 12.7. The fourth-order valence-electron chi connectivity index (χ4n) is 2.13. The predicted molar refractivity (Wildman–Crippen MR) is 93.5 cm³/mol. The topological polar surface area (TPSA) is 88.2 Å². The molecule has 6 nitrogen and oxygen atoms in total. The lowest BCUT2D eigenvalue weighted by Gasteiger charge is -2.13. The first kappa shape index (κ1) is 17.9. The van der Waals surface area contributed by atoms with Gasteiger partial charge in [-0.3, -0.25) is 14.5 Å². The summed E-state index contributed by atoms with van der Waals surface area (Å²) in [6.07, 6.45) is 4.81. The van der Waals surface area contributed by atoms with Crippen LogP contribution in [-0.2, 0) is 10.0 Å². The third kappa shape index (κ3) is 4.32. The summed E-state index contributed by atoms with van der Waals surface area (Å²) in [5.41, 5.74) is 1.26. The molecule has 1 amide bonds. The zero-order valence-electron chi connectivity index (χ0n) is 13.7. The Balaban J connectivity index is 2.30. The highest BCUT2D eigenvalue weighted by Crippen LogP contribution is 2.21. The number of pyridine rings is 1. The summed E-state index contributed by atoms with van der Waals surface area (Å²) in [6, 6.07) is 7.87. The molecule has 0 aliphatic rings. The standard InChI is InChI=1S/C17H21N3O3S/c1-3-4-10-19-17(21)14-7-5-6-8-16(14)24(22,23)20-15-12-18-11-9-13(15)2/h5-9,11-12,20H,3-4,10H2,1-2H3,(H,19,21). The Kier molecular flexibility index (Phi) is 5.92. The van der Waals surface area contributed by atoms with Crippen LogP contribution < -0.4 is 10.0 Å². The Bertz CT molecular complexity index is 819. The number of rotatable bonds is 7. The van der Waals surface area contributed by atoms with E-state index >= 15 is 0 Å². The van der Waals surface area contributed by atoms with Crippen molar-refractivity contribution in [2.75, 3.05) is 11.3 Å². The molecule has 2 N–H and O–H groups in total. The SMILES string of the molecule is CCCCNC(=O)c1ccccc1S(=O)(=O)Nc1cnccc1C. The fourth-order valence-corrected chi connectivity index (χ4v) is 3.45. The van der Waals surface area contributed by atoms with Gasteiger partial charge >= 0.3 is 0 Å². The molecule has 0 atom stereocenters. The summed E-state index contributed by atoms with van der Waals surface area (Å²) in [6.45, 7) is 4.31. The number of benzene rings is 1. The number of nitrogens with one attached hydrogen (secondary N) is 2. The average molecular weight is 347 g/mol. The molecule has 1 aromatic heterocycles. The minimum absolute atomic E-state index is 0.0535. The molecule has 7 heteroatoms. The number of hydrogen-bond donors (Lipinski definition) is 2. The molecule has 0 unspecified atom stereocenters. The van der Waals surface area contributed by atoms with E-state index in [2.05, 4.69) is 15.0 Å². The molecule has 2 rings (SSSR count). The fraction of sp³-hybridized carbons (Fsp3) is 0.294. The first-order valence-electron chi connectivity index (χ1n) is 7.76. The van der Waals surface area contributed by atoms with Crippen molar-refractivity contribution in [3.05, 3.63) is 53.9 Å². The summed E-state index contributed by atoms with van der Waals surface area (Å²) < 4.78 is 27.9. The van der Waals surface area contributed by atoms with E-state index in [1.54, 1.807) is 31.3 Å². The highest BCUT2D eigenvalue weighted by atomic mass is 32.2. The van der Waals surface area contributed by atoms with E-state index in [1.165, 1.54) is 18.3 Å². The van der Waals surface area contributed by atoms with Crippen LogP contribution in [0.25, 0.3) is 0 Å². The molecule has 1 heterocycles. The number of aromatic nitrogens is 1. The van der Waals surface area contributed by atoms with E-state index in [0.29, 0.717) is 12.2 Å². The molecule has 128 valence electrons. The van der Waals surface area contributed by atoms with Gasteiger partial charge < -0.3 is 5.32 Å². The van der Waals surface area contributed by atoms with Gasteiger partial charge in [0, 0.05) is 12.7 Å². The molecule has 1 aromatic carbocycles. The van der Waals surface area contributed by atoms with Gasteiger partial charge in [-0.1, -0.05) is 25.5 Å². The maximum atomic E-state index is 12.7. The van der Waals surface area contributed by atoms with E-state index in [4.69, 9.17) is 0 Å². The summed E-state index contributed by atoms with van der Waals surface area (Å²) in [7, 11) is -3.89. The highest BCUT2D eigenvalue weighted by Gasteiger charge is 2.22. The number of sulfonamides is 1. The largest absolute Gasteiger partial charge is 0.352 e. The van der Waals surface area contributed by atoms with Gasteiger partial charge in [0.25, 0.3) is 15.9 Å². The lowest BCUT2D eigenvalue weighted by atomic mass is 10.2. The number of carbonyl (C=O) groups excluding carboxylic acids is 1. The second-order valence-electron chi connectivity index (χ2n) is 5.40. The van der Waals surface area contributed by atoms with Crippen molar-refractivity contribution in [2.24, 2.45) is 0 Å². The molecule has 0 radical (unpaired) electrons. The number of amides is 1. The van der Waals surface area contributed by atoms with Crippen molar-refractivity contribution in [3.8, 4) is 0 Å². The second-order valence-corrected chi connectivity index (χ2v) is 7.05. The molecule has 24 heavy (non-hydrogen) atoms. The number of hydrogen-bond acceptors (Lipinski definition) is 4. The first-order valence-corrected chi connectivity index (χ1v) is 9.24. The molecule has 0 spiro atoms. The van der Waals surface area contributed by atoms with Crippen molar-refractivity contribution in [2.45, 2.75) is 31.6 Å². The van der Waals surface area contributed by atoms with Crippen LogP contribution in [0.2, 0.25) is 0 Å². The van der Waals surface area contributed by atoms with Gasteiger partial charge in [0.2, 0.25) is 0 Å². The molecule has 0 saturated carbocycles. The zero-order valence-corrected chi connectivity index (χ0v) is 14.6. The van der Waals surface area contributed by atoms with Crippen LogP contribution in [0.3, 0.4) is 0 Å². The van der Waals surface area contributed by atoms with Crippen LogP contribution in [0.4, 0.5) is 5.69 Å². The Hall–Kier alpha value is -2.41. The third-order valence-corrected chi connectivity index (χ3v) is 4.94. The van der Waals surface area contributed by atoms with E-state index < -0.39 is 15.9 Å². The Morgan fingerprint density at radius 1 is 1.21 bits per heavy atom. The molecule has 0 aliphatic heterocycles. The van der Waals surface area contributed by atoms with E-state index in [-0.39, 0.29) is 10.5 Å². The van der Waals surface area contributed by atoms with Crippen molar-refractivity contribution < 1.29 is 13.2 Å². The Labute approximate surface area is 142 Å². The quantitative estimate of drug-likeness (QED) is 0.754. The second kappa shape index (κ2) is 7.92. The van der Waals surface area contributed by atoms with E-state index in [0.717, 1.165) is 18.4 Å². The summed E-state index contributed by atoms with van der Waals surface area (Å²) in [4.78, 5) is 16.2. The monoisotopic (exact) mass is 347 g/mol. The van der Waals surface area contributed by atoms with Crippen LogP contribution in [-0.4, -0.2) is 25.9 Å². The number of carbonyl (C=O) groups is 1. The van der Waals surface area contributed by atoms with E-state index in [9.17, 15) is 13.2 Å². The number of unbranched alkanes of at least 4 members (excludes halogenated alkanes) is 1. The van der Waals surface area contributed by atoms with Gasteiger partial charge in [0.15, 0.2) is 0 Å². The van der Waals surface area contributed by atoms with Crippen molar-refractivity contribution in [1.82, 2.24) is 10.3 Å². The smallest absolute Gasteiger partial charge is 0.262 e. The van der Waals surface area contributed by atoms with Gasteiger partial charge in [0.05, 0.1) is 17.4 Å². The molecule has 2 aromatic rings. The number of anilines is 1. The highest BCUT2D eigenvalue weighted by molar-refractivity contribution is 7.92. The summed E-state index contributed by atoms with van der Waals surface area (Å²) in [5.74, 6) is -0.396. The Morgan fingerprint density at radius 2 is 1.96 bits per heavy atom. The van der Waals surface area contributed by atoms with Crippen molar-refractivity contribution in [3.63, 3.8) is 0 Å². The lowest BCUT2D eigenvalue weighted by Crippen LogP contribution is -2.27. The van der Waals surface area contributed by atoms with Gasteiger partial charge in [-0.15, -0.1) is 0 Å². The predicted octanol–water partition coefficient (Wildman–Crippen LogP) is 2.72. The summed E-state index contributed by atoms with van der Waals surface area (Å²) >= 11 is 0. The van der Waals surface area contributed by atoms with Gasteiger partial charge in [-0.25, -0.2) is 8.42 Å². The molecule has 0 fully saturated rings. The maximum Gasteiger partial charge on any atom is 0.262 e. The third-order valence-electron chi connectivity index (χ3n) is 3.52. The minimum Gasteiger partial charge on any atom is -0.352 e. The minimum atomic E-state index is -3.89. The van der Waals surface area contributed by atoms with Crippen molar-refractivity contribution >= 4 is 21.6 Å². The van der Waals surface area contributed by atoms with Crippen LogP contribution in [0, 0.1) is 6.92 Å². The normalized spacial score (nSPS) is 11.1. The van der Waals surface area contributed by atoms with Crippen LogP contribution >= 0.6 is 0 Å². The van der Waals surface area contributed by atoms with Gasteiger partial charge in [0.1, 0.15) is 4.90 Å². The first-order chi connectivity index (χ1) is 11.5. The van der Waals surface area contributed by atoms with Gasteiger partial charge in [-0.05, 0) is 37.1 Å². The number of nitrogens with zero attached hydrogens (tertiary/aromatic N) is 1. The lowest BCUT2D eigenvalue weighted by molar-refractivity contribution is 0.0950. The van der Waals surface area contributed by atoms with E-state index in [1.807, 2.05) is 6.92 Å². The summed E-state index contributed by atoms with van der Waals surface area (Å²) in [5, 5.41) is 2.74. The average Bonchev–Trinajstić information content (AvgIpc) is 2.57. The van der Waals surface area contributed by atoms with Gasteiger partial charge in [-0.2, -0.15) is 0 Å². The molecular weight excluding hydrogens is 326 g/mol. The molecular formula is C17H21N3O3S. The molecule has 0 bridgehead atoms. The Morgan fingerprint density at radius 3 is 2.67 bits per heavy atom. The molecule has 0 saturated heterocycles. The molecule has 0 aliphatic carbocycles.